The molecule has 2 aromatic carbocycles. The molecule has 0 aromatic heterocycles. The van der Waals surface area contributed by atoms with E-state index in [1.807, 2.05) is 0 Å². The minimum Gasteiger partial charge on any atom is -0.318 e. The Bertz CT molecular complexity index is 1030. The summed E-state index contributed by atoms with van der Waals surface area (Å²) in [4.78, 5) is 14.7. The van der Waals surface area contributed by atoms with Crippen molar-refractivity contribution in [2.75, 3.05) is 5.32 Å². The molecule has 2 bridgehead atoms. The Morgan fingerprint density at radius 1 is 0.967 bits per heavy atom. The van der Waals surface area contributed by atoms with Crippen molar-refractivity contribution in [3.63, 3.8) is 0 Å². The highest BCUT2D eigenvalue weighted by atomic mass is 32.2. The number of nitrogens with one attached hydrogen (secondary N) is 1. The molecule has 160 valence electrons. The number of rotatable bonds is 3. The third-order valence-corrected chi connectivity index (χ3v) is 8.07. The minimum absolute atomic E-state index is 0.0632. The molecular formula is C21H21F3N2O3S. The predicted molar refractivity (Wildman–Crippen MR) is 106 cm³/mol. The van der Waals surface area contributed by atoms with Gasteiger partial charge >= 0.3 is 12.2 Å². The van der Waals surface area contributed by atoms with Crippen molar-refractivity contribution < 1.29 is 26.4 Å². The number of nitrogens with zero attached hydrogens (tertiary/aromatic N) is 1. The molecule has 2 saturated heterocycles. The van der Waals surface area contributed by atoms with Crippen LogP contribution >= 0.6 is 0 Å². The molecule has 5 nitrogen and oxygen atoms in total. The zero-order valence-corrected chi connectivity index (χ0v) is 16.8. The highest BCUT2D eigenvalue weighted by molar-refractivity contribution is 7.92. The fourth-order valence-corrected chi connectivity index (χ4v) is 6.35. The van der Waals surface area contributed by atoms with E-state index in [0.717, 1.165) is 12.1 Å². The summed E-state index contributed by atoms with van der Waals surface area (Å²) in [6.45, 7) is 0. The quantitative estimate of drug-likeness (QED) is 0.755. The Hall–Kier alpha value is -2.55. The summed E-state index contributed by atoms with van der Waals surface area (Å²) in [5, 5.41) is 1.97. The van der Waals surface area contributed by atoms with Crippen LogP contribution < -0.4 is 5.32 Å². The molecule has 0 radical (unpaired) electrons. The molecule has 0 saturated carbocycles. The number of carbonyl (C=O) groups is 1. The van der Waals surface area contributed by atoms with Gasteiger partial charge in [-0.15, -0.1) is 0 Å². The van der Waals surface area contributed by atoms with Crippen molar-refractivity contribution >= 4 is 21.6 Å². The second-order valence-electron chi connectivity index (χ2n) is 7.75. The van der Waals surface area contributed by atoms with Gasteiger partial charge in [-0.1, -0.05) is 24.3 Å². The van der Waals surface area contributed by atoms with Crippen molar-refractivity contribution in [2.45, 2.75) is 54.1 Å². The summed E-state index contributed by atoms with van der Waals surface area (Å²) in [7, 11) is -3.50. The average molecular weight is 438 g/mol. The van der Waals surface area contributed by atoms with Gasteiger partial charge in [0.15, 0.2) is 9.84 Å². The van der Waals surface area contributed by atoms with Gasteiger partial charge < -0.3 is 10.2 Å². The number of urea groups is 1. The first-order valence-electron chi connectivity index (χ1n) is 9.72. The maximum Gasteiger partial charge on any atom is 0.416 e. The van der Waals surface area contributed by atoms with Crippen LogP contribution in [0, 0.1) is 0 Å². The maximum atomic E-state index is 13.0. The average Bonchev–Trinajstić information content (AvgIpc) is 2.97. The zero-order valence-electron chi connectivity index (χ0n) is 16.0. The van der Waals surface area contributed by atoms with Crippen LogP contribution in [0.25, 0.3) is 0 Å². The lowest BCUT2D eigenvalue weighted by molar-refractivity contribution is -0.137. The lowest BCUT2D eigenvalue weighted by atomic mass is 10.0. The Labute approximate surface area is 172 Å². The number of fused-ring (bicyclic) bond motifs is 2. The molecular weight excluding hydrogens is 417 g/mol. The molecule has 2 amide bonds. The third-order valence-electron chi connectivity index (χ3n) is 5.88. The van der Waals surface area contributed by atoms with Crippen LogP contribution in [0.3, 0.4) is 0 Å². The summed E-state index contributed by atoms with van der Waals surface area (Å²) < 4.78 is 64.7. The Balaban J connectivity index is 1.49. The van der Waals surface area contributed by atoms with Gasteiger partial charge in [-0.3, -0.25) is 0 Å². The van der Waals surface area contributed by atoms with Gasteiger partial charge in [0.05, 0.1) is 15.7 Å². The highest BCUT2D eigenvalue weighted by Crippen LogP contribution is 2.40. The second kappa shape index (κ2) is 7.61. The van der Waals surface area contributed by atoms with Crippen molar-refractivity contribution in [3.05, 3.63) is 60.2 Å². The molecule has 4 rings (SSSR count). The summed E-state index contributed by atoms with van der Waals surface area (Å²) in [5.74, 6) is 0. The van der Waals surface area contributed by atoms with Crippen molar-refractivity contribution in [1.82, 2.24) is 4.90 Å². The highest BCUT2D eigenvalue weighted by Gasteiger charge is 2.47. The Morgan fingerprint density at radius 3 is 2.20 bits per heavy atom. The molecule has 2 fully saturated rings. The van der Waals surface area contributed by atoms with E-state index < -0.39 is 32.9 Å². The number of alkyl halides is 3. The van der Waals surface area contributed by atoms with E-state index in [0.29, 0.717) is 25.7 Å². The van der Waals surface area contributed by atoms with E-state index >= 15 is 0 Å². The number of halogens is 3. The first-order valence-corrected chi connectivity index (χ1v) is 11.3. The number of anilines is 1. The van der Waals surface area contributed by atoms with Crippen LogP contribution in [0.1, 0.15) is 31.2 Å². The summed E-state index contributed by atoms with van der Waals surface area (Å²) in [6, 6.07) is 11.8. The second-order valence-corrected chi connectivity index (χ2v) is 9.98. The van der Waals surface area contributed by atoms with Crippen LogP contribution in [0.15, 0.2) is 59.5 Å². The fourth-order valence-electron chi connectivity index (χ4n) is 4.48. The van der Waals surface area contributed by atoms with Crippen LogP contribution in [0.4, 0.5) is 23.7 Å². The molecule has 1 N–H and O–H groups in total. The summed E-state index contributed by atoms with van der Waals surface area (Å²) in [5.41, 5.74) is -0.774. The molecule has 9 heteroatoms. The van der Waals surface area contributed by atoms with Crippen LogP contribution in [0.5, 0.6) is 0 Å². The normalized spacial score (nSPS) is 24.0. The first-order chi connectivity index (χ1) is 14.2. The van der Waals surface area contributed by atoms with E-state index in [2.05, 4.69) is 5.32 Å². The standard InChI is InChI=1S/C21H21F3N2O3S/c22-21(23,24)14-5-4-6-15(11-14)25-20(27)26-16-9-10-17(26)13-19(12-16)30(28,29)18-7-2-1-3-8-18/h1-8,11,16-17,19H,9-10,12-13H2,(H,25,27)/t16-,17+,19?. The first kappa shape index (κ1) is 20.7. The number of benzene rings is 2. The topological polar surface area (TPSA) is 66.5 Å². The van der Waals surface area contributed by atoms with Gasteiger partial charge in [0.2, 0.25) is 0 Å². The number of hydrogen-bond acceptors (Lipinski definition) is 3. The van der Waals surface area contributed by atoms with Crippen LogP contribution in [-0.2, 0) is 16.0 Å². The molecule has 2 heterocycles. The number of hydrogen-bond donors (Lipinski definition) is 1. The van der Waals surface area contributed by atoms with Gasteiger partial charge in [-0.2, -0.15) is 13.2 Å². The van der Waals surface area contributed by atoms with E-state index in [4.69, 9.17) is 0 Å². The molecule has 2 aliphatic rings. The third kappa shape index (κ3) is 3.90. The van der Waals surface area contributed by atoms with Gasteiger partial charge in [-0.25, -0.2) is 13.2 Å². The van der Waals surface area contributed by atoms with E-state index in [9.17, 15) is 26.4 Å². The number of sulfone groups is 1. The van der Waals surface area contributed by atoms with Gasteiger partial charge in [0, 0.05) is 17.8 Å². The molecule has 30 heavy (non-hydrogen) atoms. The monoisotopic (exact) mass is 438 g/mol. The van der Waals surface area contributed by atoms with Crippen molar-refractivity contribution in [3.8, 4) is 0 Å². The lowest BCUT2D eigenvalue weighted by Crippen LogP contribution is -2.51. The molecule has 3 atom stereocenters. The molecule has 0 aliphatic carbocycles. The van der Waals surface area contributed by atoms with Crippen molar-refractivity contribution in [2.24, 2.45) is 0 Å². The van der Waals surface area contributed by atoms with Crippen LogP contribution in [0.2, 0.25) is 0 Å². The zero-order chi connectivity index (χ0) is 21.5. The van der Waals surface area contributed by atoms with Gasteiger partial charge in [0.1, 0.15) is 0 Å². The van der Waals surface area contributed by atoms with Gasteiger partial charge in [-0.05, 0) is 56.0 Å². The van der Waals surface area contributed by atoms with E-state index in [1.165, 1.54) is 12.1 Å². The lowest BCUT2D eigenvalue weighted by Gasteiger charge is -2.38. The number of carbonyl (C=O) groups excluding carboxylic acids is 1. The SMILES string of the molecule is O=C(Nc1cccc(C(F)(F)F)c1)N1[C@@H]2CC[C@H]1CC(S(=O)(=O)c1ccccc1)C2. The number of piperidine rings is 1. The predicted octanol–water partition coefficient (Wildman–Crippen LogP) is 4.71. The van der Waals surface area contributed by atoms with E-state index in [1.54, 1.807) is 35.2 Å². The Morgan fingerprint density at radius 2 is 1.60 bits per heavy atom. The van der Waals surface area contributed by atoms with Crippen molar-refractivity contribution in [1.29, 1.82) is 0 Å². The fraction of sp³-hybridized carbons (Fsp3) is 0.381. The minimum atomic E-state index is -4.50. The number of amides is 2. The molecule has 2 aromatic rings. The Kier molecular flexibility index (Phi) is 5.25. The molecule has 0 spiro atoms. The maximum absolute atomic E-state index is 13.0. The summed E-state index contributed by atoms with van der Waals surface area (Å²) in [6.07, 6.45) is -2.49. The molecule has 1 unspecified atom stereocenters. The van der Waals surface area contributed by atoms with Gasteiger partial charge in [0.25, 0.3) is 0 Å². The van der Waals surface area contributed by atoms with Crippen LogP contribution in [-0.4, -0.2) is 36.7 Å². The smallest absolute Gasteiger partial charge is 0.318 e. The van der Waals surface area contributed by atoms with E-state index in [-0.39, 0.29) is 22.7 Å². The summed E-state index contributed by atoms with van der Waals surface area (Å²) >= 11 is 0. The largest absolute Gasteiger partial charge is 0.416 e. The molecule has 2 aliphatic heterocycles.